The summed E-state index contributed by atoms with van der Waals surface area (Å²) >= 11 is 0. The summed E-state index contributed by atoms with van der Waals surface area (Å²) in [5.74, 6) is 0.439. The third-order valence-electron chi connectivity index (χ3n) is 4.10. The minimum absolute atomic E-state index is 0.208. The van der Waals surface area contributed by atoms with Crippen molar-refractivity contribution in [1.29, 1.82) is 0 Å². The summed E-state index contributed by atoms with van der Waals surface area (Å²) in [6.07, 6.45) is 7.83. The Balaban J connectivity index is 2.33. The monoisotopic (exact) mass is 180 g/mol. The predicted molar refractivity (Wildman–Crippen MR) is 54.4 cm³/mol. The van der Waals surface area contributed by atoms with E-state index in [4.69, 9.17) is 0 Å². The van der Waals surface area contributed by atoms with E-state index in [1.54, 1.807) is 0 Å². The van der Waals surface area contributed by atoms with E-state index in [9.17, 15) is 5.11 Å². The molecule has 0 aliphatic heterocycles. The lowest BCUT2D eigenvalue weighted by Crippen LogP contribution is -2.43. The van der Waals surface area contributed by atoms with Gasteiger partial charge in [0.1, 0.15) is 0 Å². The summed E-state index contributed by atoms with van der Waals surface area (Å²) in [6, 6.07) is 0. The highest BCUT2D eigenvalue weighted by molar-refractivity contribution is 5.18. The fourth-order valence-corrected chi connectivity index (χ4v) is 3.60. The second kappa shape index (κ2) is 2.60. The lowest BCUT2D eigenvalue weighted by molar-refractivity contribution is -0.0237. The predicted octanol–water partition coefficient (Wildman–Crippen LogP) is 2.75. The first-order chi connectivity index (χ1) is 5.96. The molecule has 0 saturated heterocycles. The molecule has 0 radical (unpaired) electrons. The fraction of sp³-hybridized carbons (Fsp3) is 0.833. The highest BCUT2D eigenvalue weighted by Gasteiger charge is 2.50. The van der Waals surface area contributed by atoms with E-state index in [-0.39, 0.29) is 11.5 Å². The molecule has 0 bridgehead atoms. The maximum absolute atomic E-state index is 9.94. The van der Waals surface area contributed by atoms with Crippen molar-refractivity contribution >= 4 is 0 Å². The Labute approximate surface area is 80.8 Å². The highest BCUT2D eigenvalue weighted by Crippen LogP contribution is 2.56. The summed E-state index contributed by atoms with van der Waals surface area (Å²) < 4.78 is 0. The van der Waals surface area contributed by atoms with E-state index < -0.39 is 0 Å². The molecule has 0 spiro atoms. The maximum atomic E-state index is 9.94. The van der Waals surface area contributed by atoms with Gasteiger partial charge in [0.25, 0.3) is 0 Å². The van der Waals surface area contributed by atoms with Gasteiger partial charge in [0.05, 0.1) is 6.10 Å². The minimum Gasteiger partial charge on any atom is -0.389 e. The number of aliphatic hydroxyl groups excluding tert-OH is 1. The van der Waals surface area contributed by atoms with Crippen molar-refractivity contribution in [2.75, 3.05) is 0 Å². The molecule has 2 rings (SSSR count). The van der Waals surface area contributed by atoms with Crippen molar-refractivity contribution in [3.05, 3.63) is 12.2 Å². The Morgan fingerprint density at radius 2 is 1.92 bits per heavy atom. The molecule has 1 heteroatoms. The quantitative estimate of drug-likeness (QED) is 0.568. The number of hydrogen-bond donors (Lipinski definition) is 1. The topological polar surface area (TPSA) is 20.2 Å². The zero-order valence-corrected chi connectivity index (χ0v) is 8.88. The molecule has 0 amide bonds. The van der Waals surface area contributed by atoms with Gasteiger partial charge in [-0.2, -0.15) is 0 Å². The standard InChI is InChI=1S/C12H20O/c1-11(2)6-4-7-12(3)8-5-9(13)10(11)12/h5,8-10,13H,4,6-7H2,1-3H3/t9-,10-,12-/m0/s1. The van der Waals surface area contributed by atoms with Crippen LogP contribution < -0.4 is 0 Å². The van der Waals surface area contributed by atoms with Crippen molar-refractivity contribution in [2.24, 2.45) is 16.7 Å². The van der Waals surface area contributed by atoms with Crippen LogP contribution in [0, 0.1) is 16.7 Å². The van der Waals surface area contributed by atoms with Crippen LogP contribution in [0.3, 0.4) is 0 Å². The van der Waals surface area contributed by atoms with Gasteiger partial charge in [-0.15, -0.1) is 0 Å². The van der Waals surface area contributed by atoms with Gasteiger partial charge in [-0.1, -0.05) is 39.3 Å². The average Bonchev–Trinajstić information content (AvgIpc) is 2.27. The molecule has 0 aromatic rings. The number of aliphatic hydroxyl groups is 1. The van der Waals surface area contributed by atoms with Crippen LogP contribution in [0.15, 0.2) is 12.2 Å². The van der Waals surface area contributed by atoms with Crippen LogP contribution in [0.25, 0.3) is 0 Å². The van der Waals surface area contributed by atoms with E-state index in [2.05, 4.69) is 26.8 Å². The molecule has 2 aliphatic carbocycles. The zero-order chi connectivity index (χ0) is 9.69. The third-order valence-corrected chi connectivity index (χ3v) is 4.10. The lowest BCUT2D eigenvalue weighted by Gasteiger charge is -2.48. The van der Waals surface area contributed by atoms with Crippen LogP contribution in [0.4, 0.5) is 0 Å². The fourth-order valence-electron chi connectivity index (χ4n) is 3.60. The first-order valence-electron chi connectivity index (χ1n) is 5.33. The van der Waals surface area contributed by atoms with Crippen molar-refractivity contribution < 1.29 is 5.11 Å². The molecule has 1 fully saturated rings. The number of hydrogen-bond acceptors (Lipinski definition) is 1. The molecule has 0 aromatic carbocycles. The van der Waals surface area contributed by atoms with Crippen LogP contribution in [0.1, 0.15) is 40.0 Å². The molecule has 1 saturated carbocycles. The van der Waals surface area contributed by atoms with Crippen LogP contribution >= 0.6 is 0 Å². The Bertz CT molecular complexity index is 242. The molecule has 1 N–H and O–H groups in total. The summed E-state index contributed by atoms with van der Waals surface area (Å²) in [6.45, 7) is 6.89. The van der Waals surface area contributed by atoms with Crippen molar-refractivity contribution in [3.63, 3.8) is 0 Å². The van der Waals surface area contributed by atoms with E-state index in [0.717, 1.165) is 0 Å². The normalized spacial score (nSPS) is 47.7. The molecule has 1 nitrogen and oxygen atoms in total. The van der Waals surface area contributed by atoms with Crippen LogP contribution in [0.2, 0.25) is 0 Å². The lowest BCUT2D eigenvalue weighted by atomic mass is 9.57. The van der Waals surface area contributed by atoms with Crippen molar-refractivity contribution in [3.8, 4) is 0 Å². The Morgan fingerprint density at radius 1 is 1.23 bits per heavy atom. The average molecular weight is 180 g/mol. The smallest absolute Gasteiger partial charge is 0.0762 e. The van der Waals surface area contributed by atoms with Gasteiger partial charge in [-0.05, 0) is 23.7 Å². The number of allylic oxidation sites excluding steroid dienone is 1. The van der Waals surface area contributed by atoms with E-state index in [1.165, 1.54) is 19.3 Å². The summed E-state index contributed by atoms with van der Waals surface area (Å²) in [7, 11) is 0. The van der Waals surface area contributed by atoms with Crippen LogP contribution in [-0.4, -0.2) is 11.2 Å². The van der Waals surface area contributed by atoms with Crippen LogP contribution in [-0.2, 0) is 0 Å². The molecule has 0 aromatic heterocycles. The van der Waals surface area contributed by atoms with Crippen molar-refractivity contribution in [1.82, 2.24) is 0 Å². The molecule has 2 aliphatic rings. The summed E-state index contributed by atoms with van der Waals surface area (Å²) in [5, 5.41) is 9.94. The molecule has 0 heterocycles. The first kappa shape index (κ1) is 9.26. The van der Waals surface area contributed by atoms with Gasteiger partial charge in [0, 0.05) is 5.92 Å². The van der Waals surface area contributed by atoms with Gasteiger partial charge in [0.2, 0.25) is 0 Å². The largest absolute Gasteiger partial charge is 0.389 e. The molecule has 74 valence electrons. The number of rotatable bonds is 0. The van der Waals surface area contributed by atoms with Gasteiger partial charge < -0.3 is 5.11 Å². The second-order valence-corrected chi connectivity index (χ2v) is 5.68. The van der Waals surface area contributed by atoms with Gasteiger partial charge in [-0.3, -0.25) is 0 Å². The highest BCUT2D eigenvalue weighted by atomic mass is 16.3. The molecule has 0 unspecified atom stereocenters. The second-order valence-electron chi connectivity index (χ2n) is 5.68. The number of fused-ring (bicyclic) bond motifs is 1. The molecule has 13 heavy (non-hydrogen) atoms. The van der Waals surface area contributed by atoms with Gasteiger partial charge in [0.15, 0.2) is 0 Å². The first-order valence-corrected chi connectivity index (χ1v) is 5.33. The Hall–Kier alpha value is -0.300. The zero-order valence-electron chi connectivity index (χ0n) is 8.88. The summed E-state index contributed by atoms with van der Waals surface area (Å²) in [5.41, 5.74) is 0.567. The third kappa shape index (κ3) is 1.25. The van der Waals surface area contributed by atoms with E-state index in [0.29, 0.717) is 11.3 Å². The van der Waals surface area contributed by atoms with E-state index in [1.807, 2.05) is 6.08 Å². The Kier molecular flexibility index (Phi) is 1.85. The van der Waals surface area contributed by atoms with Crippen molar-refractivity contribution in [2.45, 2.75) is 46.1 Å². The maximum Gasteiger partial charge on any atom is 0.0762 e. The van der Waals surface area contributed by atoms with Crippen LogP contribution in [0.5, 0.6) is 0 Å². The van der Waals surface area contributed by atoms with Gasteiger partial charge >= 0.3 is 0 Å². The summed E-state index contributed by atoms with van der Waals surface area (Å²) in [4.78, 5) is 0. The Morgan fingerprint density at radius 3 is 2.54 bits per heavy atom. The minimum atomic E-state index is -0.208. The molecular formula is C12H20O. The molecular weight excluding hydrogens is 160 g/mol. The molecule has 3 atom stereocenters. The van der Waals surface area contributed by atoms with E-state index >= 15 is 0 Å². The SMILES string of the molecule is CC1(C)CCC[C@@]2(C)C=C[C@H](O)[C@@H]12. The van der Waals surface area contributed by atoms with Gasteiger partial charge in [-0.25, -0.2) is 0 Å².